The number of hydrogen-bond acceptors (Lipinski definition) is 8. The van der Waals surface area contributed by atoms with Crippen molar-refractivity contribution in [1.29, 1.82) is 0 Å². The van der Waals surface area contributed by atoms with Gasteiger partial charge in [-0.25, -0.2) is 9.42 Å². The molecule has 0 radical (unpaired) electrons. The maximum Gasteiger partial charge on any atom is 0.357 e. The number of nitrogens with one attached hydrogen (secondary N) is 1. The number of carbonyl (C=O) groups is 1. The van der Waals surface area contributed by atoms with Crippen molar-refractivity contribution in [2.75, 3.05) is 18.7 Å². The molecular weight excluding hydrogens is 424 g/mol. The number of esters is 1. The van der Waals surface area contributed by atoms with Crippen LogP contribution in [0.4, 0.5) is 11.4 Å². The van der Waals surface area contributed by atoms with E-state index in [1.54, 1.807) is 13.0 Å². The molecule has 6 rings (SSSR count). The first kappa shape index (κ1) is 19.2. The lowest BCUT2D eigenvalue weighted by molar-refractivity contribution is 0.0518. The van der Waals surface area contributed by atoms with E-state index in [9.17, 15) is 4.79 Å². The van der Waals surface area contributed by atoms with Gasteiger partial charge in [-0.2, -0.15) is 0 Å². The zero-order valence-electron chi connectivity index (χ0n) is 17.6. The number of ether oxygens (including phenoxy) is 3. The van der Waals surface area contributed by atoms with Crippen LogP contribution in [0.1, 0.15) is 17.4 Å². The molecule has 0 saturated heterocycles. The Balaban J connectivity index is 1.61. The van der Waals surface area contributed by atoms with E-state index in [4.69, 9.17) is 18.8 Å². The van der Waals surface area contributed by atoms with E-state index in [1.165, 1.54) is 0 Å². The zero-order valence-corrected chi connectivity index (χ0v) is 17.6. The number of carbonyl (C=O) groups excluding carboxylic acids is 1. The number of nitrogens with zero attached hydrogens (tertiary/aromatic N) is 3. The Morgan fingerprint density at radius 3 is 2.85 bits per heavy atom. The summed E-state index contributed by atoms with van der Waals surface area (Å²) in [6.45, 7) is 2.18. The van der Waals surface area contributed by atoms with Crippen LogP contribution in [-0.4, -0.2) is 34.2 Å². The van der Waals surface area contributed by atoms with Crippen molar-refractivity contribution in [2.45, 2.75) is 6.92 Å². The summed E-state index contributed by atoms with van der Waals surface area (Å²) in [5.74, 6) is 0.823. The van der Waals surface area contributed by atoms with Crippen LogP contribution in [0, 0.1) is 0 Å². The van der Waals surface area contributed by atoms with Crippen LogP contribution >= 0.6 is 0 Å². The number of para-hydroxylation sites is 1. The maximum atomic E-state index is 13.3. The first-order valence-corrected chi connectivity index (χ1v) is 10.4. The lowest BCUT2D eigenvalue weighted by Crippen LogP contribution is -2.13. The third-order valence-electron chi connectivity index (χ3n) is 5.50. The molecule has 33 heavy (non-hydrogen) atoms. The summed E-state index contributed by atoms with van der Waals surface area (Å²) in [5, 5.41) is 12.1. The van der Waals surface area contributed by atoms with Crippen molar-refractivity contribution >= 4 is 39.3 Å². The molecule has 9 nitrogen and oxygen atoms in total. The van der Waals surface area contributed by atoms with E-state index in [-0.39, 0.29) is 13.4 Å². The van der Waals surface area contributed by atoms with Crippen LogP contribution in [0.3, 0.4) is 0 Å². The quantitative estimate of drug-likeness (QED) is 0.387. The molecule has 3 aromatic carbocycles. The molecule has 0 amide bonds. The lowest BCUT2D eigenvalue weighted by atomic mass is 10.2. The van der Waals surface area contributed by atoms with Gasteiger partial charge in [-0.1, -0.05) is 24.3 Å². The van der Waals surface area contributed by atoms with Crippen molar-refractivity contribution in [3.8, 4) is 17.2 Å². The Morgan fingerprint density at radius 1 is 1.06 bits per heavy atom. The molecule has 3 heterocycles. The van der Waals surface area contributed by atoms with Gasteiger partial charge in [0.15, 0.2) is 22.7 Å². The van der Waals surface area contributed by atoms with Gasteiger partial charge in [0.2, 0.25) is 6.79 Å². The summed E-state index contributed by atoms with van der Waals surface area (Å²) in [7, 11) is 0. The van der Waals surface area contributed by atoms with Crippen LogP contribution in [0.15, 0.2) is 65.3 Å². The number of benzene rings is 3. The van der Waals surface area contributed by atoms with Crippen molar-refractivity contribution in [1.82, 2.24) is 14.9 Å². The Morgan fingerprint density at radius 2 is 1.94 bits per heavy atom. The predicted molar refractivity (Wildman–Crippen MR) is 120 cm³/mol. The van der Waals surface area contributed by atoms with Gasteiger partial charge in [-0.15, -0.1) is 0 Å². The second-order valence-electron chi connectivity index (χ2n) is 7.40. The lowest BCUT2D eigenvalue weighted by Gasteiger charge is -2.13. The minimum absolute atomic E-state index is 0.165. The maximum absolute atomic E-state index is 13.3. The summed E-state index contributed by atoms with van der Waals surface area (Å²) in [4.78, 5) is 13.3. The standard InChI is InChI=1S/C24H18N4O5/c1-2-30-24(29)23-21(25-16-7-5-8-17-22(16)27-33-26-17)15-6-3-4-9-18(15)28(23)14-10-11-19-20(12-14)32-13-31-19/h3-12,25H,2,13H2,1H3. The molecule has 1 aliphatic heterocycles. The van der Waals surface area contributed by atoms with E-state index < -0.39 is 5.97 Å². The molecular formula is C24H18N4O5. The predicted octanol–water partition coefficient (Wildman–Crippen LogP) is 4.82. The molecule has 0 unspecified atom stereocenters. The number of hydrogen-bond donors (Lipinski definition) is 1. The molecule has 1 aliphatic rings. The highest BCUT2D eigenvalue weighted by Gasteiger charge is 2.27. The monoisotopic (exact) mass is 442 g/mol. The van der Waals surface area contributed by atoms with Gasteiger partial charge in [0.1, 0.15) is 5.52 Å². The molecule has 2 aromatic heterocycles. The highest BCUT2D eigenvalue weighted by Crippen LogP contribution is 2.40. The van der Waals surface area contributed by atoms with Gasteiger partial charge in [0.25, 0.3) is 0 Å². The highest BCUT2D eigenvalue weighted by atomic mass is 16.7. The fourth-order valence-corrected chi connectivity index (χ4v) is 4.09. The van der Waals surface area contributed by atoms with E-state index in [1.807, 2.05) is 59.2 Å². The summed E-state index contributed by atoms with van der Waals surface area (Å²) >= 11 is 0. The summed E-state index contributed by atoms with van der Waals surface area (Å²) < 4.78 is 23.2. The molecule has 0 bridgehead atoms. The second kappa shape index (κ2) is 7.56. The first-order chi connectivity index (χ1) is 16.2. The zero-order chi connectivity index (χ0) is 22.4. The van der Waals surface area contributed by atoms with E-state index >= 15 is 0 Å². The van der Waals surface area contributed by atoms with Crippen LogP contribution in [-0.2, 0) is 4.74 Å². The topological polar surface area (TPSA) is 101 Å². The smallest absolute Gasteiger partial charge is 0.357 e. The van der Waals surface area contributed by atoms with E-state index in [0.29, 0.717) is 39.6 Å². The molecule has 0 aliphatic carbocycles. The molecule has 0 saturated carbocycles. The van der Waals surface area contributed by atoms with Crippen molar-refractivity contribution in [2.24, 2.45) is 0 Å². The number of aromatic nitrogens is 3. The van der Waals surface area contributed by atoms with Gasteiger partial charge < -0.3 is 24.1 Å². The van der Waals surface area contributed by atoms with Crippen molar-refractivity contribution in [3.63, 3.8) is 0 Å². The van der Waals surface area contributed by atoms with E-state index in [0.717, 1.165) is 16.6 Å². The third-order valence-corrected chi connectivity index (χ3v) is 5.50. The Hall–Kier alpha value is -4.53. The minimum atomic E-state index is -0.459. The van der Waals surface area contributed by atoms with Gasteiger partial charge >= 0.3 is 5.97 Å². The van der Waals surface area contributed by atoms with Crippen LogP contribution < -0.4 is 14.8 Å². The fraction of sp³-hybridized carbons (Fsp3) is 0.125. The largest absolute Gasteiger partial charge is 0.461 e. The Labute approximate surface area is 187 Å². The molecule has 5 aromatic rings. The van der Waals surface area contributed by atoms with Gasteiger partial charge in [-0.05, 0) is 47.6 Å². The molecule has 0 spiro atoms. The van der Waals surface area contributed by atoms with Gasteiger partial charge in [0.05, 0.1) is 29.2 Å². The minimum Gasteiger partial charge on any atom is -0.461 e. The molecule has 0 atom stereocenters. The molecule has 164 valence electrons. The average molecular weight is 442 g/mol. The average Bonchev–Trinajstić information content (AvgIpc) is 3.56. The second-order valence-corrected chi connectivity index (χ2v) is 7.40. The first-order valence-electron chi connectivity index (χ1n) is 10.4. The molecule has 0 fully saturated rings. The summed E-state index contributed by atoms with van der Waals surface area (Å²) in [6, 6.07) is 18.8. The third kappa shape index (κ3) is 3.05. The van der Waals surface area contributed by atoms with Gasteiger partial charge in [-0.3, -0.25) is 0 Å². The van der Waals surface area contributed by atoms with Gasteiger partial charge in [0, 0.05) is 11.5 Å². The molecule has 9 heteroatoms. The summed E-state index contributed by atoms with van der Waals surface area (Å²) in [6.07, 6.45) is 0. The van der Waals surface area contributed by atoms with Crippen molar-refractivity contribution < 1.29 is 23.6 Å². The Kier molecular flexibility index (Phi) is 4.39. The Bertz CT molecular complexity index is 1520. The number of rotatable bonds is 5. The van der Waals surface area contributed by atoms with Crippen molar-refractivity contribution in [3.05, 3.63) is 66.4 Å². The molecule has 1 N–H and O–H groups in total. The SMILES string of the molecule is CCOC(=O)c1c(Nc2cccc3nonc23)c2ccccc2n1-c1ccc2c(c1)OCO2. The normalized spacial score (nSPS) is 12.4. The van der Waals surface area contributed by atoms with Crippen LogP contribution in [0.5, 0.6) is 11.5 Å². The number of fused-ring (bicyclic) bond motifs is 3. The van der Waals surface area contributed by atoms with Crippen LogP contribution in [0.2, 0.25) is 0 Å². The number of anilines is 2. The van der Waals surface area contributed by atoms with E-state index in [2.05, 4.69) is 15.6 Å². The highest BCUT2D eigenvalue weighted by molar-refractivity contribution is 6.10. The summed E-state index contributed by atoms with van der Waals surface area (Å²) in [5.41, 5.74) is 4.35. The van der Waals surface area contributed by atoms with Crippen LogP contribution in [0.25, 0.3) is 27.6 Å². The fourth-order valence-electron chi connectivity index (χ4n) is 4.09.